The van der Waals surface area contributed by atoms with Crippen molar-refractivity contribution in [2.24, 2.45) is 0 Å². The Morgan fingerprint density at radius 2 is 1.79 bits per heavy atom. The average Bonchev–Trinajstić information content (AvgIpc) is 2.92. The number of benzene rings is 2. The van der Waals surface area contributed by atoms with E-state index in [4.69, 9.17) is 0 Å². The van der Waals surface area contributed by atoms with E-state index in [2.05, 4.69) is 10.2 Å². The number of para-hydroxylation sites is 1. The van der Waals surface area contributed by atoms with Gasteiger partial charge in [-0.3, -0.25) is 5.10 Å². The van der Waals surface area contributed by atoms with Crippen molar-refractivity contribution in [1.29, 1.82) is 0 Å². The van der Waals surface area contributed by atoms with Crippen LogP contribution in [0.3, 0.4) is 0 Å². The van der Waals surface area contributed by atoms with E-state index >= 15 is 0 Å². The monoisotopic (exact) mass is 250 g/mol. The molecular formula is C16H14N2O. The normalized spacial score (nSPS) is 10.6. The smallest absolute Gasteiger partial charge is 0.127 e. The quantitative estimate of drug-likeness (QED) is 0.727. The minimum absolute atomic E-state index is 0.297. The second-order valence-corrected chi connectivity index (χ2v) is 4.50. The fourth-order valence-electron chi connectivity index (χ4n) is 2.09. The maximum Gasteiger partial charge on any atom is 0.127 e. The first-order chi connectivity index (χ1) is 9.25. The Morgan fingerprint density at radius 1 is 1.00 bits per heavy atom. The van der Waals surface area contributed by atoms with Gasteiger partial charge in [0.25, 0.3) is 0 Å². The van der Waals surface area contributed by atoms with Gasteiger partial charge in [-0.15, -0.1) is 0 Å². The van der Waals surface area contributed by atoms with Crippen molar-refractivity contribution in [2.75, 3.05) is 0 Å². The third-order valence-corrected chi connectivity index (χ3v) is 3.18. The zero-order valence-electron chi connectivity index (χ0n) is 10.6. The van der Waals surface area contributed by atoms with Crippen molar-refractivity contribution in [3.63, 3.8) is 0 Å². The summed E-state index contributed by atoms with van der Waals surface area (Å²) in [5.41, 5.74) is 4.37. The van der Waals surface area contributed by atoms with Gasteiger partial charge in [-0.2, -0.15) is 5.10 Å². The highest BCUT2D eigenvalue weighted by molar-refractivity contribution is 5.73. The van der Waals surface area contributed by atoms with E-state index in [0.29, 0.717) is 5.75 Å². The Morgan fingerprint density at radius 3 is 2.58 bits per heavy atom. The van der Waals surface area contributed by atoms with E-state index in [0.717, 1.165) is 28.1 Å². The summed E-state index contributed by atoms with van der Waals surface area (Å²) in [4.78, 5) is 0. The number of nitrogens with zero attached hydrogens (tertiary/aromatic N) is 1. The van der Waals surface area contributed by atoms with Crippen molar-refractivity contribution in [3.05, 3.63) is 60.2 Å². The van der Waals surface area contributed by atoms with Crippen LogP contribution in [0.25, 0.3) is 22.5 Å². The molecule has 1 aromatic heterocycles. The second-order valence-electron chi connectivity index (χ2n) is 4.50. The highest BCUT2D eigenvalue weighted by atomic mass is 16.3. The minimum Gasteiger partial charge on any atom is -0.507 e. The number of phenols is 1. The lowest BCUT2D eigenvalue weighted by Crippen LogP contribution is -1.82. The SMILES string of the molecule is Cc1cccc(-c2cc(-c3ccccc3)n[nH]2)c1O. The number of aromatic hydroxyl groups is 1. The second kappa shape index (κ2) is 4.61. The molecule has 0 bridgehead atoms. The van der Waals surface area contributed by atoms with Crippen LogP contribution >= 0.6 is 0 Å². The zero-order valence-corrected chi connectivity index (χ0v) is 10.6. The lowest BCUT2D eigenvalue weighted by atomic mass is 10.1. The molecule has 0 saturated heterocycles. The third kappa shape index (κ3) is 2.10. The molecule has 0 aliphatic heterocycles. The molecule has 3 nitrogen and oxygen atoms in total. The summed E-state index contributed by atoms with van der Waals surface area (Å²) in [5, 5.41) is 17.4. The number of hydrogen-bond acceptors (Lipinski definition) is 2. The van der Waals surface area contributed by atoms with Crippen molar-refractivity contribution in [3.8, 4) is 28.3 Å². The van der Waals surface area contributed by atoms with Gasteiger partial charge in [0.05, 0.1) is 11.4 Å². The number of aromatic amines is 1. The van der Waals surface area contributed by atoms with Crippen molar-refractivity contribution >= 4 is 0 Å². The Balaban J connectivity index is 2.05. The van der Waals surface area contributed by atoms with Crippen LogP contribution in [-0.4, -0.2) is 15.3 Å². The van der Waals surface area contributed by atoms with Crippen LogP contribution in [0, 0.1) is 6.92 Å². The largest absolute Gasteiger partial charge is 0.507 e. The number of nitrogens with one attached hydrogen (secondary N) is 1. The lowest BCUT2D eigenvalue weighted by Gasteiger charge is -2.03. The highest BCUT2D eigenvalue weighted by Crippen LogP contribution is 2.32. The van der Waals surface area contributed by atoms with Gasteiger partial charge in [0.2, 0.25) is 0 Å². The average molecular weight is 250 g/mol. The van der Waals surface area contributed by atoms with Crippen molar-refractivity contribution in [1.82, 2.24) is 10.2 Å². The number of rotatable bonds is 2. The standard InChI is InChI=1S/C16H14N2O/c1-11-6-5-9-13(16(11)19)15-10-14(17-18-15)12-7-3-2-4-8-12/h2-10,19H,1H3,(H,17,18). The number of hydrogen-bond donors (Lipinski definition) is 2. The van der Waals surface area contributed by atoms with E-state index in [1.165, 1.54) is 0 Å². The maximum atomic E-state index is 10.1. The summed E-state index contributed by atoms with van der Waals surface area (Å²) in [5.74, 6) is 0.297. The number of aryl methyl sites for hydroxylation is 1. The van der Waals surface area contributed by atoms with Gasteiger partial charge in [-0.25, -0.2) is 0 Å². The summed E-state index contributed by atoms with van der Waals surface area (Å²) in [6.45, 7) is 1.88. The molecule has 0 atom stereocenters. The van der Waals surface area contributed by atoms with Crippen LogP contribution in [0.1, 0.15) is 5.56 Å². The molecular weight excluding hydrogens is 236 g/mol. The number of H-pyrrole nitrogens is 1. The predicted octanol–water partition coefficient (Wildman–Crippen LogP) is 3.76. The Bertz CT molecular complexity index is 702. The predicted molar refractivity (Wildman–Crippen MR) is 75.9 cm³/mol. The molecule has 3 rings (SSSR count). The Labute approximate surface area is 111 Å². The van der Waals surface area contributed by atoms with Gasteiger partial charge in [0, 0.05) is 11.1 Å². The minimum atomic E-state index is 0.297. The Hall–Kier alpha value is -2.55. The van der Waals surface area contributed by atoms with E-state index in [1.807, 2.05) is 61.5 Å². The zero-order chi connectivity index (χ0) is 13.2. The molecule has 19 heavy (non-hydrogen) atoms. The van der Waals surface area contributed by atoms with E-state index in [1.54, 1.807) is 0 Å². The molecule has 1 heterocycles. The molecule has 0 spiro atoms. The summed E-state index contributed by atoms with van der Waals surface area (Å²) >= 11 is 0. The first-order valence-electron chi connectivity index (χ1n) is 6.15. The van der Waals surface area contributed by atoms with Crippen LogP contribution in [0.4, 0.5) is 0 Å². The molecule has 2 N–H and O–H groups in total. The Kier molecular flexibility index (Phi) is 2.80. The fourth-order valence-corrected chi connectivity index (χ4v) is 2.09. The van der Waals surface area contributed by atoms with E-state index in [-0.39, 0.29) is 0 Å². The summed E-state index contributed by atoms with van der Waals surface area (Å²) in [7, 11) is 0. The van der Waals surface area contributed by atoms with Crippen molar-refractivity contribution in [2.45, 2.75) is 6.92 Å². The lowest BCUT2D eigenvalue weighted by molar-refractivity contribution is 0.473. The molecule has 0 aliphatic carbocycles. The molecule has 0 fully saturated rings. The molecule has 0 amide bonds. The van der Waals surface area contributed by atoms with Crippen LogP contribution in [0.5, 0.6) is 5.75 Å². The molecule has 0 unspecified atom stereocenters. The van der Waals surface area contributed by atoms with Gasteiger partial charge in [0.15, 0.2) is 0 Å². The molecule has 0 aliphatic rings. The van der Waals surface area contributed by atoms with Gasteiger partial charge in [0.1, 0.15) is 5.75 Å². The molecule has 3 aromatic rings. The third-order valence-electron chi connectivity index (χ3n) is 3.18. The van der Waals surface area contributed by atoms with E-state index < -0.39 is 0 Å². The van der Waals surface area contributed by atoms with Crippen LogP contribution in [-0.2, 0) is 0 Å². The number of aromatic nitrogens is 2. The maximum absolute atomic E-state index is 10.1. The first-order valence-corrected chi connectivity index (χ1v) is 6.15. The van der Waals surface area contributed by atoms with Gasteiger partial charge < -0.3 is 5.11 Å². The van der Waals surface area contributed by atoms with Crippen molar-refractivity contribution < 1.29 is 5.11 Å². The number of phenolic OH excluding ortho intramolecular Hbond substituents is 1. The first kappa shape index (κ1) is 11.5. The van der Waals surface area contributed by atoms with Crippen LogP contribution < -0.4 is 0 Å². The van der Waals surface area contributed by atoms with Gasteiger partial charge in [-0.05, 0) is 24.6 Å². The van der Waals surface area contributed by atoms with Gasteiger partial charge >= 0.3 is 0 Å². The molecule has 3 heteroatoms. The van der Waals surface area contributed by atoms with Crippen LogP contribution in [0.15, 0.2) is 54.6 Å². The molecule has 0 saturated carbocycles. The highest BCUT2D eigenvalue weighted by Gasteiger charge is 2.10. The molecule has 94 valence electrons. The van der Waals surface area contributed by atoms with E-state index in [9.17, 15) is 5.11 Å². The molecule has 2 aromatic carbocycles. The van der Waals surface area contributed by atoms with Gasteiger partial charge in [-0.1, -0.05) is 42.5 Å². The summed E-state index contributed by atoms with van der Waals surface area (Å²) in [6, 6.07) is 17.6. The molecule has 0 radical (unpaired) electrons. The fraction of sp³-hybridized carbons (Fsp3) is 0.0625. The summed E-state index contributed by atoms with van der Waals surface area (Å²) < 4.78 is 0. The summed E-state index contributed by atoms with van der Waals surface area (Å²) in [6.07, 6.45) is 0. The van der Waals surface area contributed by atoms with Crippen LogP contribution in [0.2, 0.25) is 0 Å². The topological polar surface area (TPSA) is 48.9 Å².